The summed E-state index contributed by atoms with van der Waals surface area (Å²) in [4.78, 5) is 25.8. The molecule has 2 amide bonds. The lowest BCUT2D eigenvalue weighted by atomic mass is 9.95. The standard InChI is InChI=1S/C17H22N2O4S/c1-4-16(20)19-7-5-13(6-8-19)17(21)18-14-9-12(2)10-15(11-14)24(3,22)23/h4,9-11,13H,1,5-8H2,2-3H3,(H,18,21). The van der Waals surface area contributed by atoms with E-state index in [-0.39, 0.29) is 22.6 Å². The van der Waals surface area contributed by atoms with Crippen molar-refractivity contribution in [3.63, 3.8) is 0 Å². The summed E-state index contributed by atoms with van der Waals surface area (Å²) in [6.45, 7) is 6.28. The van der Waals surface area contributed by atoms with Crippen LogP contribution in [0.25, 0.3) is 0 Å². The fraction of sp³-hybridized carbons (Fsp3) is 0.412. The molecule has 7 heteroatoms. The molecule has 1 aromatic rings. The molecule has 0 aromatic heterocycles. The molecule has 1 aliphatic heterocycles. The van der Waals surface area contributed by atoms with Gasteiger partial charge in [0.05, 0.1) is 4.90 Å². The van der Waals surface area contributed by atoms with E-state index >= 15 is 0 Å². The minimum Gasteiger partial charge on any atom is -0.339 e. The largest absolute Gasteiger partial charge is 0.339 e. The Balaban J connectivity index is 2.05. The van der Waals surface area contributed by atoms with E-state index in [0.29, 0.717) is 31.6 Å². The number of rotatable bonds is 4. The highest BCUT2D eigenvalue weighted by Gasteiger charge is 2.26. The molecule has 1 saturated heterocycles. The normalized spacial score (nSPS) is 15.8. The highest BCUT2D eigenvalue weighted by atomic mass is 32.2. The third-order valence-electron chi connectivity index (χ3n) is 4.10. The van der Waals surface area contributed by atoms with Gasteiger partial charge < -0.3 is 10.2 Å². The maximum absolute atomic E-state index is 12.4. The first-order chi connectivity index (χ1) is 11.2. The maximum Gasteiger partial charge on any atom is 0.245 e. The number of sulfone groups is 1. The third-order valence-corrected chi connectivity index (χ3v) is 5.19. The van der Waals surface area contributed by atoms with Crippen molar-refractivity contribution in [2.45, 2.75) is 24.7 Å². The van der Waals surface area contributed by atoms with Crippen molar-refractivity contribution in [3.8, 4) is 0 Å². The minimum absolute atomic E-state index is 0.120. The summed E-state index contributed by atoms with van der Waals surface area (Å²) < 4.78 is 23.4. The number of nitrogens with one attached hydrogen (secondary N) is 1. The lowest BCUT2D eigenvalue weighted by Crippen LogP contribution is -2.40. The molecule has 1 heterocycles. The maximum atomic E-state index is 12.4. The first-order valence-corrected chi connectivity index (χ1v) is 9.64. The summed E-state index contributed by atoms with van der Waals surface area (Å²) in [5.41, 5.74) is 1.24. The van der Waals surface area contributed by atoms with Gasteiger partial charge in [-0.25, -0.2) is 8.42 Å². The van der Waals surface area contributed by atoms with Crippen LogP contribution in [-0.4, -0.2) is 44.5 Å². The first kappa shape index (κ1) is 18.2. The highest BCUT2D eigenvalue weighted by Crippen LogP contribution is 2.22. The van der Waals surface area contributed by atoms with Gasteiger partial charge in [0, 0.05) is 31.0 Å². The number of anilines is 1. The summed E-state index contributed by atoms with van der Waals surface area (Å²) in [6, 6.07) is 4.78. The van der Waals surface area contributed by atoms with Gasteiger partial charge in [0.2, 0.25) is 11.8 Å². The number of carbonyl (C=O) groups is 2. The molecule has 2 rings (SSSR count). The molecule has 6 nitrogen and oxygen atoms in total. The van der Waals surface area contributed by atoms with E-state index in [0.717, 1.165) is 11.8 Å². The second kappa shape index (κ2) is 7.17. The van der Waals surface area contributed by atoms with Crippen LogP contribution in [0.5, 0.6) is 0 Å². The summed E-state index contributed by atoms with van der Waals surface area (Å²) in [6.07, 6.45) is 3.58. The van der Waals surface area contributed by atoms with Crippen LogP contribution in [-0.2, 0) is 19.4 Å². The fourth-order valence-electron chi connectivity index (χ4n) is 2.77. The Hall–Kier alpha value is -2.15. The summed E-state index contributed by atoms with van der Waals surface area (Å²) >= 11 is 0. The summed E-state index contributed by atoms with van der Waals surface area (Å²) in [5, 5.41) is 2.80. The van der Waals surface area contributed by atoms with Gasteiger partial charge in [-0.1, -0.05) is 6.58 Å². The van der Waals surface area contributed by atoms with Gasteiger partial charge in [-0.15, -0.1) is 0 Å². The number of benzene rings is 1. The highest BCUT2D eigenvalue weighted by molar-refractivity contribution is 7.90. The molecular weight excluding hydrogens is 328 g/mol. The van der Waals surface area contributed by atoms with Crippen LogP contribution in [0.15, 0.2) is 35.7 Å². The smallest absolute Gasteiger partial charge is 0.245 e. The van der Waals surface area contributed by atoms with Gasteiger partial charge in [-0.05, 0) is 49.6 Å². The van der Waals surface area contributed by atoms with Crippen molar-refractivity contribution in [2.24, 2.45) is 5.92 Å². The fourth-order valence-corrected chi connectivity index (χ4v) is 3.51. The van der Waals surface area contributed by atoms with E-state index in [1.54, 1.807) is 24.0 Å². The molecule has 1 aliphatic rings. The van der Waals surface area contributed by atoms with E-state index in [4.69, 9.17) is 0 Å². The zero-order valence-electron chi connectivity index (χ0n) is 13.9. The number of amides is 2. The van der Waals surface area contributed by atoms with Crippen molar-refractivity contribution < 1.29 is 18.0 Å². The van der Waals surface area contributed by atoms with Gasteiger partial charge in [0.1, 0.15) is 0 Å². The number of hydrogen-bond acceptors (Lipinski definition) is 4. The number of hydrogen-bond donors (Lipinski definition) is 1. The molecule has 0 aliphatic carbocycles. The molecule has 0 radical (unpaired) electrons. The van der Waals surface area contributed by atoms with Crippen LogP contribution in [0.1, 0.15) is 18.4 Å². The van der Waals surface area contributed by atoms with Crippen LogP contribution in [0.4, 0.5) is 5.69 Å². The third kappa shape index (κ3) is 4.44. The van der Waals surface area contributed by atoms with Crippen LogP contribution < -0.4 is 5.32 Å². The van der Waals surface area contributed by atoms with Gasteiger partial charge in [0.25, 0.3) is 0 Å². The van der Waals surface area contributed by atoms with Gasteiger partial charge in [-0.2, -0.15) is 0 Å². The van der Waals surface area contributed by atoms with E-state index in [2.05, 4.69) is 11.9 Å². The van der Waals surface area contributed by atoms with Crippen LogP contribution >= 0.6 is 0 Å². The van der Waals surface area contributed by atoms with Crippen LogP contribution in [0, 0.1) is 12.8 Å². The lowest BCUT2D eigenvalue weighted by Gasteiger charge is -2.30. The second-order valence-electron chi connectivity index (χ2n) is 6.10. The number of piperidine rings is 1. The number of nitrogens with zero attached hydrogens (tertiary/aromatic N) is 1. The second-order valence-corrected chi connectivity index (χ2v) is 8.12. The molecule has 1 aromatic carbocycles. The molecule has 0 saturated carbocycles. The Bertz CT molecular complexity index is 763. The molecule has 24 heavy (non-hydrogen) atoms. The summed E-state index contributed by atoms with van der Waals surface area (Å²) in [7, 11) is -3.33. The molecule has 0 atom stereocenters. The molecule has 1 N–H and O–H groups in total. The van der Waals surface area contributed by atoms with Crippen LogP contribution in [0.2, 0.25) is 0 Å². The zero-order valence-corrected chi connectivity index (χ0v) is 14.7. The van der Waals surface area contributed by atoms with Crippen molar-refractivity contribution >= 4 is 27.3 Å². The summed E-state index contributed by atoms with van der Waals surface area (Å²) in [5.74, 6) is -0.461. The monoisotopic (exact) mass is 350 g/mol. The van der Waals surface area contributed by atoms with Gasteiger partial charge in [-0.3, -0.25) is 9.59 Å². The molecule has 0 bridgehead atoms. The Kier molecular flexibility index (Phi) is 5.43. The Labute approximate surface area is 142 Å². The zero-order chi connectivity index (χ0) is 17.9. The average molecular weight is 350 g/mol. The first-order valence-electron chi connectivity index (χ1n) is 7.74. The van der Waals surface area contributed by atoms with E-state index in [1.165, 1.54) is 12.1 Å². The van der Waals surface area contributed by atoms with E-state index in [9.17, 15) is 18.0 Å². The number of likely N-dealkylation sites (tertiary alicyclic amines) is 1. The Morgan fingerprint density at radius 2 is 1.88 bits per heavy atom. The Morgan fingerprint density at radius 3 is 2.42 bits per heavy atom. The predicted octanol–water partition coefficient (Wildman–Crippen LogP) is 1.76. The molecule has 0 unspecified atom stereocenters. The SMILES string of the molecule is C=CC(=O)N1CCC(C(=O)Nc2cc(C)cc(S(C)(=O)=O)c2)CC1. The topological polar surface area (TPSA) is 83.6 Å². The molecule has 1 fully saturated rings. The van der Waals surface area contributed by atoms with Crippen molar-refractivity contribution in [2.75, 3.05) is 24.7 Å². The minimum atomic E-state index is -3.33. The van der Waals surface area contributed by atoms with E-state index in [1.807, 2.05) is 0 Å². The number of carbonyl (C=O) groups excluding carboxylic acids is 2. The van der Waals surface area contributed by atoms with E-state index < -0.39 is 9.84 Å². The van der Waals surface area contributed by atoms with Crippen molar-refractivity contribution in [1.82, 2.24) is 4.90 Å². The Morgan fingerprint density at radius 1 is 1.25 bits per heavy atom. The quantitative estimate of drug-likeness (QED) is 0.839. The van der Waals surface area contributed by atoms with Gasteiger partial charge in [0.15, 0.2) is 9.84 Å². The number of aryl methyl sites for hydroxylation is 1. The molecular formula is C17H22N2O4S. The lowest BCUT2D eigenvalue weighted by molar-refractivity contribution is -0.130. The predicted molar refractivity (Wildman–Crippen MR) is 92.4 cm³/mol. The molecule has 130 valence electrons. The molecule has 0 spiro atoms. The van der Waals surface area contributed by atoms with Crippen molar-refractivity contribution in [1.29, 1.82) is 0 Å². The van der Waals surface area contributed by atoms with Crippen LogP contribution in [0.3, 0.4) is 0 Å². The van der Waals surface area contributed by atoms with Gasteiger partial charge >= 0.3 is 0 Å². The average Bonchev–Trinajstić information content (AvgIpc) is 2.53. The van der Waals surface area contributed by atoms with Crippen molar-refractivity contribution in [3.05, 3.63) is 36.4 Å².